The Morgan fingerprint density at radius 3 is 0.763 bits per heavy atom. The van der Waals surface area contributed by atoms with Crippen LogP contribution < -0.4 is 18.9 Å². The summed E-state index contributed by atoms with van der Waals surface area (Å²) in [5.41, 5.74) is -1.43. The molecule has 0 aliphatic carbocycles. The highest BCUT2D eigenvalue weighted by Gasteiger charge is 2.30. The topological polar surface area (TPSA) is 242 Å². The second kappa shape index (κ2) is 20.8. The number of nitrogens with one attached hydrogen (secondary N) is 6. The van der Waals surface area contributed by atoms with Crippen molar-refractivity contribution in [3.8, 4) is 44.5 Å². The molecule has 0 unspecified atom stereocenters. The molecule has 4 aromatic carbocycles. The summed E-state index contributed by atoms with van der Waals surface area (Å²) in [6, 6.07) is 20.6. The quantitative estimate of drug-likeness (QED) is 0.0502. The number of halogens is 4. The van der Waals surface area contributed by atoms with Crippen molar-refractivity contribution in [2.45, 2.75) is 47.3 Å². The maximum absolute atomic E-state index is 17.2. The normalized spacial score (nSPS) is 12.9. The van der Waals surface area contributed by atoms with Crippen molar-refractivity contribution >= 4 is 86.5 Å². The highest BCUT2D eigenvalue weighted by molar-refractivity contribution is 7.90. The van der Waals surface area contributed by atoms with E-state index in [9.17, 15) is 33.7 Å². The average molecular weight is 1120 g/mol. The molecule has 76 heavy (non-hydrogen) atoms. The van der Waals surface area contributed by atoms with Crippen LogP contribution in [0.4, 0.5) is 17.6 Å². The fourth-order valence-electron chi connectivity index (χ4n) is 9.06. The molecule has 2 aliphatic heterocycles. The molecule has 0 spiro atoms. The van der Waals surface area contributed by atoms with Gasteiger partial charge in [-0.2, -0.15) is 0 Å². The highest BCUT2D eigenvalue weighted by Crippen LogP contribution is 2.42. The summed E-state index contributed by atoms with van der Waals surface area (Å²) in [4.78, 5) is 13.3. The summed E-state index contributed by atoms with van der Waals surface area (Å²) in [5.74, 6) is -4.79. The summed E-state index contributed by atoms with van der Waals surface area (Å²) < 4.78 is 185. The Hall–Kier alpha value is -7.16. The number of nitrogens with zero attached hydrogens (tertiary/aromatic N) is 2. The molecular formula is C52H46F4N8O8S4. The van der Waals surface area contributed by atoms with Gasteiger partial charge in [-0.05, 0) is 72.8 Å². The molecule has 16 nitrogen and oxygen atoms in total. The zero-order valence-electron chi connectivity index (χ0n) is 40.7. The smallest absolute Gasteiger partial charge is 0.243 e. The molecule has 0 amide bonds. The second-order valence-electron chi connectivity index (χ2n) is 17.0. The molecular weight excluding hydrogens is 1070 g/mol. The van der Waals surface area contributed by atoms with Crippen molar-refractivity contribution in [3.63, 3.8) is 0 Å². The van der Waals surface area contributed by atoms with Crippen molar-refractivity contribution < 1.29 is 51.2 Å². The van der Waals surface area contributed by atoms with Crippen LogP contribution in [0.5, 0.6) is 0 Å². The van der Waals surface area contributed by atoms with Gasteiger partial charge in [-0.1, -0.05) is 76.2 Å². The van der Waals surface area contributed by atoms with Gasteiger partial charge in [0.05, 0.1) is 22.8 Å². The molecule has 7 aromatic rings. The van der Waals surface area contributed by atoms with Crippen molar-refractivity contribution in [1.29, 1.82) is 0 Å². The van der Waals surface area contributed by atoms with Crippen molar-refractivity contribution in [3.05, 3.63) is 143 Å². The first-order valence-electron chi connectivity index (χ1n) is 23.5. The van der Waals surface area contributed by atoms with E-state index in [0.29, 0.717) is 0 Å². The Morgan fingerprint density at radius 1 is 0.355 bits per heavy atom. The minimum absolute atomic E-state index is 0.0401. The average Bonchev–Trinajstić information content (AvgIpc) is 4.22. The number of sulfonamides is 4. The van der Waals surface area contributed by atoms with Gasteiger partial charge < -0.3 is 9.97 Å². The van der Waals surface area contributed by atoms with Gasteiger partial charge in [0, 0.05) is 92.8 Å². The first-order valence-corrected chi connectivity index (χ1v) is 29.4. The molecule has 0 atom stereocenters. The summed E-state index contributed by atoms with van der Waals surface area (Å²) in [6.45, 7) is 5.75. The van der Waals surface area contributed by atoms with Gasteiger partial charge in [-0.25, -0.2) is 80.1 Å². The molecule has 5 heterocycles. The Morgan fingerprint density at radius 2 is 0.566 bits per heavy atom. The zero-order chi connectivity index (χ0) is 54.5. The van der Waals surface area contributed by atoms with Crippen LogP contribution in [0.25, 0.3) is 90.9 Å². The van der Waals surface area contributed by atoms with Crippen LogP contribution in [-0.4, -0.2) is 79.8 Å². The van der Waals surface area contributed by atoms with Gasteiger partial charge in [0.25, 0.3) is 0 Å². The van der Waals surface area contributed by atoms with E-state index >= 15 is 17.6 Å². The molecule has 0 saturated carbocycles. The maximum atomic E-state index is 17.2. The summed E-state index contributed by atoms with van der Waals surface area (Å²) in [6.07, 6.45) is 5.73. The van der Waals surface area contributed by atoms with E-state index in [1.165, 1.54) is 125 Å². The lowest BCUT2D eigenvalue weighted by Gasteiger charge is -2.12. The zero-order valence-corrected chi connectivity index (χ0v) is 43.9. The van der Waals surface area contributed by atoms with E-state index in [0.717, 1.165) is 24.3 Å². The van der Waals surface area contributed by atoms with E-state index in [1.54, 1.807) is 0 Å². The van der Waals surface area contributed by atoms with Gasteiger partial charge in [-0.15, -0.1) is 0 Å². The second-order valence-corrected chi connectivity index (χ2v) is 23.9. The van der Waals surface area contributed by atoms with Gasteiger partial charge >= 0.3 is 0 Å². The number of hydrogen-bond acceptors (Lipinski definition) is 10. The molecule has 24 heteroatoms. The van der Waals surface area contributed by atoms with Gasteiger partial charge in [0.15, 0.2) is 23.3 Å². The van der Waals surface area contributed by atoms with Gasteiger partial charge in [0.1, 0.15) is 19.6 Å². The Balaban J connectivity index is 1.52. The highest BCUT2D eigenvalue weighted by atomic mass is 32.2. The molecule has 0 radical (unpaired) electrons. The molecule has 6 N–H and O–H groups in total. The van der Waals surface area contributed by atoms with E-state index in [4.69, 9.17) is 9.97 Å². The van der Waals surface area contributed by atoms with Crippen LogP contribution in [0, 0.1) is 23.3 Å². The van der Waals surface area contributed by atoms with E-state index in [-0.39, 0.29) is 116 Å². The number of H-pyrrole nitrogens is 2. The van der Waals surface area contributed by atoms with Crippen molar-refractivity contribution in [2.75, 3.05) is 26.2 Å². The molecule has 8 bridgehead atoms. The van der Waals surface area contributed by atoms with E-state index in [2.05, 4.69) is 28.9 Å². The van der Waals surface area contributed by atoms with E-state index in [1.807, 2.05) is 0 Å². The Labute approximate surface area is 435 Å². The number of benzene rings is 4. The predicted molar refractivity (Wildman–Crippen MR) is 284 cm³/mol. The first-order chi connectivity index (χ1) is 36.2. The van der Waals surface area contributed by atoms with Crippen molar-refractivity contribution in [2.24, 2.45) is 0 Å². The van der Waals surface area contributed by atoms with Gasteiger partial charge in [0.2, 0.25) is 40.1 Å². The number of hydrogen-bond donors (Lipinski definition) is 6. The predicted octanol–water partition coefficient (Wildman–Crippen LogP) is 9.07. The van der Waals surface area contributed by atoms with Crippen LogP contribution in [0.1, 0.15) is 50.5 Å². The first kappa shape index (κ1) is 53.7. The van der Waals surface area contributed by atoms with Crippen LogP contribution in [0.2, 0.25) is 0 Å². The van der Waals surface area contributed by atoms with Crippen LogP contribution in [0.15, 0.2) is 117 Å². The van der Waals surface area contributed by atoms with Crippen molar-refractivity contribution in [1.82, 2.24) is 38.8 Å². The molecule has 9 rings (SSSR count). The number of aromatic amines is 2. The van der Waals surface area contributed by atoms with Crippen LogP contribution >= 0.6 is 0 Å². The molecule has 0 fully saturated rings. The maximum Gasteiger partial charge on any atom is 0.243 e. The molecule has 2 aliphatic rings. The molecule has 3 aromatic heterocycles. The van der Waals surface area contributed by atoms with Crippen LogP contribution in [-0.2, 0) is 40.1 Å². The molecule has 394 valence electrons. The lowest BCUT2D eigenvalue weighted by Crippen LogP contribution is -2.24. The summed E-state index contributed by atoms with van der Waals surface area (Å²) in [5, 5.41) is 0. The third kappa shape index (κ3) is 9.70. The van der Waals surface area contributed by atoms with Gasteiger partial charge in [-0.3, -0.25) is 0 Å². The van der Waals surface area contributed by atoms with Crippen LogP contribution in [0.3, 0.4) is 0 Å². The lowest BCUT2D eigenvalue weighted by atomic mass is 10.0. The monoisotopic (exact) mass is 1110 g/mol. The SMILES string of the molecule is CCNS(=O)(=O)c1cccc(-c2c3nc(c(-c4cccc(S(=O)(=O)NCC)c4F)c4ccc([nH]4)c(-c4cccc(S(=O)(=O)NCC)c4F)c4nc(c(-c5cccc(S(=O)(=O)NCC)c5F)c5ccc2[nH]5)C=C4)C=C3)c1F. The van der Waals surface area contributed by atoms with E-state index < -0.39 is 82.9 Å². The summed E-state index contributed by atoms with van der Waals surface area (Å²) in [7, 11) is -17.8. The third-order valence-corrected chi connectivity index (χ3v) is 18.4. The minimum Gasteiger partial charge on any atom is -0.354 e. The Bertz CT molecular complexity index is 3730. The number of aromatic nitrogens is 4. The third-order valence-electron chi connectivity index (χ3n) is 12.2. The minimum atomic E-state index is -4.44. The standard InChI is InChI=1S/C52H46F4N8O8S4/c1-5-57-73(65,66)41-17-9-13-29(49(41)53)45-33-21-23-35(61-33)46(30-14-10-18-42(50(30)54)74(67,68)58-6-2)37-25-27-39(63-37)48(32-16-12-20-44(52(32)56)76(71,72)60-8-4)40-28-26-38(64-40)47(36-24-22-34(45)62-36)31-15-11-19-43(51(31)55)75(69,70)59-7-3/h9-28,57-61,64H,5-8H2,1-4H3. The summed E-state index contributed by atoms with van der Waals surface area (Å²) >= 11 is 0. The fourth-order valence-corrected chi connectivity index (χ4v) is 13.6. The number of fused-ring (bicyclic) bond motifs is 8. The fraction of sp³-hybridized carbons (Fsp3) is 0.154. The largest absolute Gasteiger partial charge is 0.354 e. The lowest BCUT2D eigenvalue weighted by molar-refractivity contribution is 0.558. The Kier molecular flexibility index (Phi) is 14.7. The molecule has 0 saturated heterocycles. The number of rotatable bonds is 16.